The van der Waals surface area contributed by atoms with Gasteiger partial charge in [0.1, 0.15) is 0 Å². The summed E-state index contributed by atoms with van der Waals surface area (Å²) in [5, 5.41) is 3.22. The Balaban J connectivity index is 1.41. The fourth-order valence-electron chi connectivity index (χ4n) is 5.30. The third-order valence-corrected chi connectivity index (χ3v) is 6.51. The van der Waals surface area contributed by atoms with E-state index in [0.717, 1.165) is 12.0 Å². The van der Waals surface area contributed by atoms with Crippen LogP contribution in [0.2, 0.25) is 0 Å². The van der Waals surface area contributed by atoms with Crippen molar-refractivity contribution in [2.45, 2.75) is 24.9 Å². The summed E-state index contributed by atoms with van der Waals surface area (Å²) in [7, 11) is 1.66. The Kier molecular flexibility index (Phi) is 4.69. The number of methoxy groups -OCH3 is 1. The van der Waals surface area contributed by atoms with Crippen LogP contribution in [0.1, 0.15) is 56.4 Å². The minimum atomic E-state index is -0.0133. The van der Waals surface area contributed by atoms with Gasteiger partial charge in [-0.2, -0.15) is 0 Å². The molecule has 0 heterocycles. The zero-order valence-corrected chi connectivity index (χ0v) is 16.6. The predicted molar refractivity (Wildman–Crippen MR) is 114 cm³/mol. The fraction of sp³-hybridized carbons (Fsp3) is 0.269. The minimum Gasteiger partial charge on any atom is -0.380 e. The van der Waals surface area contributed by atoms with Crippen LogP contribution in [-0.2, 0) is 11.3 Å². The van der Waals surface area contributed by atoms with E-state index in [4.69, 9.17) is 4.74 Å². The summed E-state index contributed by atoms with van der Waals surface area (Å²) >= 11 is 0. The molecule has 29 heavy (non-hydrogen) atoms. The van der Waals surface area contributed by atoms with Gasteiger partial charge in [0.25, 0.3) is 5.91 Å². The van der Waals surface area contributed by atoms with Gasteiger partial charge in [0.15, 0.2) is 0 Å². The highest BCUT2D eigenvalue weighted by Crippen LogP contribution is 2.55. The van der Waals surface area contributed by atoms with E-state index >= 15 is 0 Å². The van der Waals surface area contributed by atoms with E-state index in [0.29, 0.717) is 36.5 Å². The number of hydrogen-bond donors (Lipinski definition) is 1. The number of fused-ring (bicyclic) bond motifs is 1. The third-order valence-electron chi connectivity index (χ3n) is 6.51. The van der Waals surface area contributed by atoms with E-state index in [-0.39, 0.29) is 5.91 Å². The van der Waals surface area contributed by atoms with Crippen molar-refractivity contribution < 1.29 is 9.53 Å². The Morgan fingerprint density at radius 1 is 0.897 bits per heavy atom. The molecular weight excluding hydrogens is 358 g/mol. The van der Waals surface area contributed by atoms with Crippen molar-refractivity contribution in [1.82, 2.24) is 5.32 Å². The molecule has 0 spiro atoms. The first-order chi connectivity index (χ1) is 14.3. The minimum absolute atomic E-state index is 0.0133. The number of rotatable bonds is 5. The summed E-state index contributed by atoms with van der Waals surface area (Å²) < 4.78 is 5.25. The van der Waals surface area contributed by atoms with Crippen LogP contribution in [0, 0.1) is 5.92 Å². The quantitative estimate of drug-likeness (QED) is 0.683. The molecule has 3 aromatic carbocycles. The molecule has 1 N–H and O–H groups in total. The van der Waals surface area contributed by atoms with Gasteiger partial charge in [-0.05, 0) is 46.2 Å². The van der Waals surface area contributed by atoms with Gasteiger partial charge in [0.2, 0.25) is 0 Å². The second kappa shape index (κ2) is 7.49. The maximum atomic E-state index is 12.9. The van der Waals surface area contributed by atoms with Crippen molar-refractivity contribution >= 4 is 5.91 Å². The molecule has 0 aliphatic heterocycles. The van der Waals surface area contributed by atoms with Crippen molar-refractivity contribution in [2.24, 2.45) is 5.92 Å². The van der Waals surface area contributed by atoms with Crippen molar-refractivity contribution in [3.63, 3.8) is 0 Å². The summed E-state index contributed by atoms with van der Waals surface area (Å²) in [5.41, 5.74) is 7.42. The average Bonchev–Trinajstić information content (AvgIpc) is 2.78. The molecule has 1 amide bonds. The van der Waals surface area contributed by atoms with Gasteiger partial charge in [0, 0.05) is 31.1 Å². The first kappa shape index (κ1) is 18.1. The Labute approximate surface area is 171 Å². The second-order valence-corrected chi connectivity index (χ2v) is 8.08. The summed E-state index contributed by atoms with van der Waals surface area (Å²) in [4.78, 5) is 12.9. The molecule has 0 saturated carbocycles. The zero-order chi connectivity index (χ0) is 19.8. The molecule has 0 aromatic heterocycles. The molecule has 0 saturated heterocycles. The smallest absolute Gasteiger partial charge is 0.251 e. The molecule has 3 aromatic rings. The fourth-order valence-corrected chi connectivity index (χ4v) is 5.30. The van der Waals surface area contributed by atoms with E-state index in [1.165, 1.54) is 22.3 Å². The molecule has 1 atom stereocenters. The topological polar surface area (TPSA) is 38.3 Å². The monoisotopic (exact) mass is 383 g/mol. The van der Waals surface area contributed by atoms with Gasteiger partial charge in [-0.1, -0.05) is 66.7 Å². The first-order valence-corrected chi connectivity index (χ1v) is 10.3. The lowest BCUT2D eigenvalue weighted by Crippen LogP contribution is -2.39. The first-order valence-electron chi connectivity index (χ1n) is 10.3. The largest absolute Gasteiger partial charge is 0.380 e. The van der Waals surface area contributed by atoms with Gasteiger partial charge in [0.05, 0.1) is 6.61 Å². The summed E-state index contributed by atoms with van der Waals surface area (Å²) in [6.45, 7) is 1.13. The molecule has 3 aliphatic carbocycles. The normalized spacial score (nSPS) is 21.3. The van der Waals surface area contributed by atoms with Crippen LogP contribution in [0.5, 0.6) is 0 Å². The average molecular weight is 383 g/mol. The van der Waals surface area contributed by atoms with Crippen LogP contribution in [-0.4, -0.2) is 19.6 Å². The highest BCUT2D eigenvalue weighted by atomic mass is 16.5. The van der Waals surface area contributed by atoms with E-state index in [1.807, 2.05) is 24.3 Å². The molecule has 3 nitrogen and oxygen atoms in total. The van der Waals surface area contributed by atoms with E-state index in [2.05, 4.69) is 53.8 Å². The molecular formula is C26H25NO2. The van der Waals surface area contributed by atoms with Gasteiger partial charge in [-0.3, -0.25) is 4.79 Å². The highest BCUT2D eigenvalue weighted by molar-refractivity contribution is 5.95. The van der Waals surface area contributed by atoms with Crippen LogP contribution in [0.3, 0.4) is 0 Å². The van der Waals surface area contributed by atoms with Gasteiger partial charge in [-0.25, -0.2) is 0 Å². The summed E-state index contributed by atoms with van der Waals surface area (Å²) in [6, 6.07) is 25.3. The Bertz CT molecular complexity index is 1010. The van der Waals surface area contributed by atoms with Gasteiger partial charge < -0.3 is 10.1 Å². The highest BCUT2D eigenvalue weighted by Gasteiger charge is 2.42. The van der Waals surface area contributed by atoms with E-state index < -0.39 is 0 Å². The molecule has 3 aliphatic rings. The lowest BCUT2D eigenvalue weighted by atomic mass is 9.59. The van der Waals surface area contributed by atoms with Crippen LogP contribution in [0.4, 0.5) is 0 Å². The third kappa shape index (κ3) is 3.06. The maximum Gasteiger partial charge on any atom is 0.251 e. The van der Waals surface area contributed by atoms with Crippen molar-refractivity contribution in [3.8, 4) is 0 Å². The Morgan fingerprint density at radius 3 is 2.14 bits per heavy atom. The standard InChI is InChI=1S/C26H25NO2/c1-29-16-17-8-2-3-9-19(17)26(28)27-15-18-14-24-20-10-4-6-12-22(20)25(18)23-13-7-5-11-21(23)24/h2-13,18,24-25H,14-16H2,1H3,(H,27,28). The molecule has 3 heteroatoms. The summed E-state index contributed by atoms with van der Waals surface area (Å²) in [5.74, 6) is 1.17. The zero-order valence-electron chi connectivity index (χ0n) is 16.6. The van der Waals surface area contributed by atoms with Crippen molar-refractivity contribution in [2.75, 3.05) is 13.7 Å². The maximum absolute atomic E-state index is 12.9. The predicted octanol–water partition coefficient (Wildman–Crippen LogP) is 4.86. The SMILES string of the molecule is COCc1ccccc1C(=O)NCC1CC2c3ccccc3C1c1ccccc12. The van der Waals surface area contributed by atoms with Crippen LogP contribution < -0.4 is 5.32 Å². The van der Waals surface area contributed by atoms with Crippen molar-refractivity contribution in [1.29, 1.82) is 0 Å². The molecule has 6 rings (SSSR count). The van der Waals surface area contributed by atoms with Crippen LogP contribution >= 0.6 is 0 Å². The molecule has 146 valence electrons. The number of nitrogens with one attached hydrogen (secondary N) is 1. The second-order valence-electron chi connectivity index (χ2n) is 8.08. The summed E-state index contributed by atoms with van der Waals surface area (Å²) in [6.07, 6.45) is 1.08. The number of amides is 1. The molecule has 0 radical (unpaired) electrons. The molecule has 1 unspecified atom stereocenters. The van der Waals surface area contributed by atoms with E-state index in [9.17, 15) is 4.79 Å². The lowest BCUT2D eigenvalue weighted by Gasteiger charge is -2.45. The van der Waals surface area contributed by atoms with Crippen LogP contribution in [0.15, 0.2) is 72.8 Å². The lowest BCUT2D eigenvalue weighted by molar-refractivity contribution is 0.0938. The number of carbonyl (C=O) groups is 1. The Morgan fingerprint density at radius 2 is 1.48 bits per heavy atom. The number of benzene rings is 3. The van der Waals surface area contributed by atoms with Gasteiger partial charge >= 0.3 is 0 Å². The van der Waals surface area contributed by atoms with Crippen LogP contribution in [0.25, 0.3) is 0 Å². The number of carbonyl (C=O) groups excluding carboxylic acids is 1. The molecule has 0 fully saturated rings. The number of ether oxygens (including phenoxy) is 1. The Hall–Kier alpha value is -2.91. The van der Waals surface area contributed by atoms with E-state index in [1.54, 1.807) is 7.11 Å². The van der Waals surface area contributed by atoms with Crippen molar-refractivity contribution in [3.05, 3.63) is 106 Å². The number of hydrogen-bond acceptors (Lipinski definition) is 2. The van der Waals surface area contributed by atoms with Gasteiger partial charge in [-0.15, -0.1) is 0 Å². The molecule has 2 bridgehead atoms.